The van der Waals surface area contributed by atoms with Crippen molar-refractivity contribution in [3.05, 3.63) is 82.3 Å². The molecule has 3 N–H and O–H groups in total. The van der Waals surface area contributed by atoms with Crippen LogP contribution in [-0.4, -0.2) is 17.4 Å². The number of aromatic nitrogens is 1. The molecule has 1 unspecified atom stereocenters. The fourth-order valence-electron chi connectivity index (χ4n) is 3.67. The predicted molar refractivity (Wildman–Crippen MR) is 108 cm³/mol. The monoisotopic (exact) mass is 392 g/mol. The average Bonchev–Trinajstić information content (AvgIpc) is 3.10. The van der Waals surface area contributed by atoms with Crippen LogP contribution in [0.25, 0.3) is 11.1 Å². The Hall–Kier alpha value is -3.25. The van der Waals surface area contributed by atoms with Crippen LogP contribution in [0.2, 0.25) is 5.02 Å². The first-order chi connectivity index (χ1) is 13.7. The number of rotatable bonds is 3. The molecule has 0 saturated carbocycles. The Bertz CT molecular complexity index is 1120. The Morgan fingerprint density at radius 1 is 1.14 bits per heavy atom. The minimum absolute atomic E-state index is 0.0733. The molecule has 0 spiro atoms. The summed E-state index contributed by atoms with van der Waals surface area (Å²) in [5.41, 5.74) is 3.95. The summed E-state index contributed by atoms with van der Waals surface area (Å²) in [5, 5.41) is 10.1. The smallest absolute Gasteiger partial charge is 0.301 e. The molecular formula is C21H17ClN4O2. The maximum Gasteiger partial charge on any atom is 0.301 e. The molecule has 0 aliphatic carbocycles. The van der Waals surface area contributed by atoms with E-state index in [1.54, 1.807) is 0 Å². The van der Waals surface area contributed by atoms with Crippen LogP contribution in [0.5, 0.6) is 0 Å². The van der Waals surface area contributed by atoms with Gasteiger partial charge in [0.25, 0.3) is 0 Å². The number of para-hydroxylation sites is 2. The number of nitrogens with zero attached hydrogens (tertiary/aromatic N) is 1. The van der Waals surface area contributed by atoms with E-state index in [1.807, 2.05) is 54.6 Å². The van der Waals surface area contributed by atoms with Gasteiger partial charge in [-0.05, 0) is 29.8 Å². The molecule has 7 heteroatoms. The highest BCUT2D eigenvalue weighted by molar-refractivity contribution is 6.31. The number of fused-ring (bicyclic) bond motifs is 1. The number of oxazole rings is 1. The molecule has 0 radical (unpaired) electrons. The van der Waals surface area contributed by atoms with Crippen LogP contribution in [0.3, 0.4) is 0 Å². The summed E-state index contributed by atoms with van der Waals surface area (Å²) in [7, 11) is 0. The number of carbonyl (C=O) groups excluding carboxylic acids is 1. The number of amides is 1. The first kappa shape index (κ1) is 16.9. The fraction of sp³-hybridized carbons (Fsp3) is 0.143. The quantitative estimate of drug-likeness (QED) is 0.630. The van der Waals surface area contributed by atoms with Crippen LogP contribution in [-0.2, 0) is 4.79 Å². The van der Waals surface area contributed by atoms with Crippen LogP contribution in [0, 0.1) is 0 Å². The van der Waals surface area contributed by atoms with Gasteiger partial charge in [0.1, 0.15) is 11.3 Å². The number of carbonyl (C=O) groups is 1. The molecule has 1 atom stereocenters. The van der Waals surface area contributed by atoms with Crippen molar-refractivity contribution >= 4 is 34.6 Å². The van der Waals surface area contributed by atoms with Gasteiger partial charge in [-0.25, -0.2) is 0 Å². The molecule has 5 rings (SSSR count). The molecule has 0 saturated heterocycles. The first-order valence-electron chi connectivity index (χ1n) is 9.06. The Morgan fingerprint density at radius 2 is 1.96 bits per heavy atom. The number of anilines is 1. The number of dihydropyridines is 1. The van der Waals surface area contributed by atoms with Crippen molar-refractivity contribution in [1.29, 1.82) is 0 Å². The lowest BCUT2D eigenvalue weighted by Gasteiger charge is -2.31. The fourth-order valence-corrected chi connectivity index (χ4v) is 3.92. The number of nitrogens with one attached hydrogen (secondary N) is 3. The van der Waals surface area contributed by atoms with Gasteiger partial charge < -0.3 is 15.1 Å². The molecule has 1 amide bonds. The van der Waals surface area contributed by atoms with Gasteiger partial charge in [0.15, 0.2) is 5.58 Å². The summed E-state index contributed by atoms with van der Waals surface area (Å²) in [6, 6.07) is 15.6. The third-order valence-corrected chi connectivity index (χ3v) is 5.28. The van der Waals surface area contributed by atoms with Gasteiger partial charge in [-0.1, -0.05) is 41.9 Å². The van der Waals surface area contributed by atoms with E-state index in [0.717, 1.165) is 16.8 Å². The van der Waals surface area contributed by atoms with Gasteiger partial charge in [0, 0.05) is 35.2 Å². The summed E-state index contributed by atoms with van der Waals surface area (Å²) in [6.45, 7) is 0.593. The lowest BCUT2D eigenvalue weighted by Crippen LogP contribution is -2.40. The molecule has 3 aromatic rings. The molecule has 6 nitrogen and oxygen atoms in total. The zero-order valence-electron chi connectivity index (χ0n) is 14.8. The van der Waals surface area contributed by atoms with Crippen molar-refractivity contribution in [2.75, 3.05) is 11.9 Å². The number of benzene rings is 2. The van der Waals surface area contributed by atoms with Gasteiger partial charge in [-0.2, -0.15) is 4.98 Å². The average molecular weight is 393 g/mol. The lowest BCUT2D eigenvalue weighted by molar-refractivity contribution is -0.118. The Balaban J connectivity index is 1.54. The van der Waals surface area contributed by atoms with Gasteiger partial charge in [-0.3, -0.25) is 10.1 Å². The van der Waals surface area contributed by atoms with Crippen molar-refractivity contribution in [3.8, 4) is 0 Å². The van der Waals surface area contributed by atoms with Crippen molar-refractivity contribution in [3.63, 3.8) is 0 Å². The SMILES string of the molecule is O=C1NCCC2=C1C(c1ccccc1Cl)C=C(Nc1nc3ccccc3o1)N2. The van der Waals surface area contributed by atoms with Crippen molar-refractivity contribution in [1.82, 2.24) is 15.6 Å². The van der Waals surface area contributed by atoms with Crippen molar-refractivity contribution in [2.45, 2.75) is 12.3 Å². The summed E-state index contributed by atoms with van der Waals surface area (Å²) in [4.78, 5) is 17.0. The molecule has 0 fully saturated rings. The zero-order chi connectivity index (χ0) is 19.1. The molecular weight excluding hydrogens is 376 g/mol. The van der Waals surface area contributed by atoms with Crippen LogP contribution in [0.1, 0.15) is 17.9 Å². The predicted octanol–water partition coefficient (Wildman–Crippen LogP) is 3.90. The molecule has 0 bridgehead atoms. The van der Waals surface area contributed by atoms with E-state index in [-0.39, 0.29) is 11.8 Å². The van der Waals surface area contributed by atoms with E-state index < -0.39 is 0 Å². The number of halogens is 1. The van der Waals surface area contributed by atoms with Gasteiger partial charge in [-0.15, -0.1) is 0 Å². The third-order valence-electron chi connectivity index (χ3n) is 4.94. The highest BCUT2D eigenvalue weighted by Crippen LogP contribution is 2.37. The second-order valence-corrected chi connectivity index (χ2v) is 7.12. The van der Waals surface area contributed by atoms with Crippen LogP contribution in [0.4, 0.5) is 6.01 Å². The van der Waals surface area contributed by atoms with E-state index in [9.17, 15) is 4.79 Å². The topological polar surface area (TPSA) is 79.2 Å². The Labute approximate surface area is 166 Å². The van der Waals surface area contributed by atoms with Crippen LogP contribution < -0.4 is 16.0 Å². The van der Waals surface area contributed by atoms with Gasteiger partial charge in [0.05, 0.1) is 0 Å². The van der Waals surface area contributed by atoms with E-state index in [1.165, 1.54) is 0 Å². The lowest BCUT2D eigenvalue weighted by atomic mass is 9.85. The maximum absolute atomic E-state index is 12.6. The molecule has 140 valence electrons. The highest BCUT2D eigenvalue weighted by Gasteiger charge is 2.32. The van der Waals surface area contributed by atoms with E-state index in [0.29, 0.717) is 41.0 Å². The number of hydrogen-bond acceptors (Lipinski definition) is 5. The maximum atomic E-state index is 12.6. The molecule has 1 aromatic heterocycles. The molecule has 2 aromatic carbocycles. The summed E-state index contributed by atoms with van der Waals surface area (Å²) < 4.78 is 5.77. The van der Waals surface area contributed by atoms with Crippen LogP contribution >= 0.6 is 11.6 Å². The van der Waals surface area contributed by atoms with Gasteiger partial charge >= 0.3 is 6.01 Å². The second kappa shape index (κ2) is 6.73. The largest absolute Gasteiger partial charge is 0.423 e. The third kappa shape index (κ3) is 2.92. The van der Waals surface area contributed by atoms with Crippen molar-refractivity contribution in [2.24, 2.45) is 0 Å². The molecule has 3 heterocycles. The number of hydrogen-bond donors (Lipinski definition) is 3. The second-order valence-electron chi connectivity index (χ2n) is 6.71. The molecule has 2 aliphatic heterocycles. The van der Waals surface area contributed by atoms with Crippen LogP contribution in [0.15, 0.2) is 76.1 Å². The summed E-state index contributed by atoms with van der Waals surface area (Å²) in [6.07, 6.45) is 2.66. The Kier molecular flexibility index (Phi) is 4.06. The molecule has 28 heavy (non-hydrogen) atoms. The summed E-state index contributed by atoms with van der Waals surface area (Å²) in [5.74, 6) is 0.373. The minimum Gasteiger partial charge on any atom is -0.423 e. The number of allylic oxidation sites excluding steroid dienone is 1. The van der Waals surface area contributed by atoms with E-state index >= 15 is 0 Å². The van der Waals surface area contributed by atoms with E-state index in [2.05, 4.69) is 20.9 Å². The highest BCUT2D eigenvalue weighted by atomic mass is 35.5. The standard InChI is InChI=1S/C21H17ClN4O2/c22-14-6-2-1-5-12(14)13-11-18(24-16-9-10-23-20(27)19(13)16)26-21-25-15-7-3-4-8-17(15)28-21/h1-8,11,13,24H,9-10H2,(H,23,27)(H,25,26). The first-order valence-corrected chi connectivity index (χ1v) is 9.44. The Morgan fingerprint density at radius 3 is 2.82 bits per heavy atom. The normalized spacial score (nSPS) is 19.0. The van der Waals surface area contributed by atoms with Crippen molar-refractivity contribution < 1.29 is 9.21 Å². The molecule has 2 aliphatic rings. The van der Waals surface area contributed by atoms with Gasteiger partial charge in [0.2, 0.25) is 5.91 Å². The van der Waals surface area contributed by atoms with E-state index in [4.69, 9.17) is 16.0 Å². The summed E-state index contributed by atoms with van der Waals surface area (Å²) >= 11 is 6.44. The zero-order valence-corrected chi connectivity index (χ0v) is 15.6. The minimum atomic E-state index is -0.267.